The van der Waals surface area contributed by atoms with E-state index in [0.29, 0.717) is 24.5 Å². The molecule has 1 atom stereocenters. The number of carbonyl (C=O) groups excluding carboxylic acids is 1. The summed E-state index contributed by atoms with van der Waals surface area (Å²) in [7, 11) is 0. The molecule has 0 bridgehead atoms. The number of halogens is 1. The van der Waals surface area contributed by atoms with Crippen LogP contribution < -0.4 is 4.90 Å². The van der Waals surface area contributed by atoms with E-state index in [2.05, 4.69) is 26.8 Å². The zero-order valence-electron chi connectivity index (χ0n) is 18.6. The van der Waals surface area contributed by atoms with Crippen molar-refractivity contribution in [2.24, 2.45) is 0 Å². The van der Waals surface area contributed by atoms with Crippen molar-refractivity contribution < 1.29 is 13.9 Å². The molecular formula is C24H27FN6O2. The molecule has 2 aliphatic rings. The molecule has 0 aliphatic carbocycles. The Hall–Kier alpha value is -3.30. The number of hydrogen-bond acceptors (Lipinski definition) is 6. The van der Waals surface area contributed by atoms with Crippen LogP contribution in [0.4, 0.5) is 14.9 Å². The first-order valence-corrected chi connectivity index (χ1v) is 11.3. The van der Waals surface area contributed by atoms with Crippen LogP contribution in [-0.2, 0) is 4.74 Å². The maximum atomic E-state index is 15.0. The van der Waals surface area contributed by atoms with E-state index >= 15 is 4.39 Å². The Balaban J connectivity index is 1.26. The molecule has 0 unspecified atom stereocenters. The quantitative estimate of drug-likeness (QED) is 0.575. The standard InChI is InChI=1S/C24H27FN6O2/c1-2-28-9-11-29(12-10-28)16-20-17-30(24(32)33-20)19-6-7-23(21(25)13-19)31-15-18(14-27-31)22-5-3-4-8-26-22/h3-8,13-15,20H,2,9-12,16-17H2,1H3/t20-/m0/s1. The van der Waals surface area contributed by atoms with Crippen LogP contribution >= 0.6 is 0 Å². The Labute approximate surface area is 192 Å². The van der Waals surface area contributed by atoms with Gasteiger partial charge in [-0.2, -0.15) is 5.10 Å². The molecule has 2 fully saturated rings. The van der Waals surface area contributed by atoms with Gasteiger partial charge in [0.15, 0.2) is 5.82 Å². The molecule has 1 amide bonds. The second kappa shape index (κ2) is 9.29. The molecule has 0 spiro atoms. The first-order chi connectivity index (χ1) is 16.1. The molecule has 3 aromatic rings. The molecule has 2 aromatic heterocycles. The molecular weight excluding hydrogens is 423 g/mol. The van der Waals surface area contributed by atoms with Crippen molar-refractivity contribution in [2.45, 2.75) is 13.0 Å². The highest BCUT2D eigenvalue weighted by Gasteiger charge is 2.34. The van der Waals surface area contributed by atoms with Crippen LogP contribution in [0.2, 0.25) is 0 Å². The summed E-state index contributed by atoms with van der Waals surface area (Å²) in [6.07, 6.45) is 4.43. The maximum Gasteiger partial charge on any atom is 0.414 e. The van der Waals surface area contributed by atoms with Crippen LogP contribution in [0.5, 0.6) is 0 Å². The fourth-order valence-electron chi connectivity index (χ4n) is 4.37. The zero-order chi connectivity index (χ0) is 22.8. The van der Waals surface area contributed by atoms with Crippen LogP contribution in [0.3, 0.4) is 0 Å². The van der Waals surface area contributed by atoms with Crippen LogP contribution in [0.15, 0.2) is 55.0 Å². The van der Waals surface area contributed by atoms with E-state index < -0.39 is 11.9 Å². The molecule has 0 radical (unpaired) electrons. The minimum absolute atomic E-state index is 0.222. The normalized spacial score (nSPS) is 19.8. The van der Waals surface area contributed by atoms with Gasteiger partial charge in [-0.15, -0.1) is 0 Å². The van der Waals surface area contributed by atoms with Crippen molar-refractivity contribution in [3.63, 3.8) is 0 Å². The van der Waals surface area contributed by atoms with Gasteiger partial charge >= 0.3 is 6.09 Å². The molecule has 8 nitrogen and oxygen atoms in total. The van der Waals surface area contributed by atoms with Gasteiger partial charge in [-0.3, -0.25) is 14.8 Å². The van der Waals surface area contributed by atoms with E-state index in [1.165, 1.54) is 15.6 Å². The minimum atomic E-state index is -0.463. The second-order valence-electron chi connectivity index (χ2n) is 8.38. The summed E-state index contributed by atoms with van der Waals surface area (Å²) in [5.74, 6) is -0.463. The number of aromatic nitrogens is 3. The first kappa shape index (κ1) is 21.5. The molecule has 33 heavy (non-hydrogen) atoms. The van der Waals surface area contributed by atoms with Crippen LogP contribution in [0.1, 0.15) is 6.92 Å². The van der Waals surface area contributed by atoms with Crippen molar-refractivity contribution in [3.05, 3.63) is 60.8 Å². The Bertz CT molecular complexity index is 1110. The van der Waals surface area contributed by atoms with Gasteiger partial charge in [0.2, 0.25) is 0 Å². The molecule has 1 aromatic carbocycles. The topological polar surface area (TPSA) is 66.7 Å². The third-order valence-corrected chi connectivity index (χ3v) is 6.28. The third kappa shape index (κ3) is 4.60. The van der Waals surface area contributed by atoms with Gasteiger partial charge in [-0.1, -0.05) is 13.0 Å². The largest absolute Gasteiger partial charge is 0.443 e. The number of benzene rings is 1. The Morgan fingerprint density at radius 1 is 1.12 bits per heavy atom. The molecule has 2 saturated heterocycles. The molecule has 5 rings (SSSR count). The Kier molecular flexibility index (Phi) is 6.06. The number of amides is 1. The smallest absolute Gasteiger partial charge is 0.414 e. The van der Waals surface area contributed by atoms with E-state index in [1.54, 1.807) is 30.7 Å². The van der Waals surface area contributed by atoms with Crippen molar-refractivity contribution >= 4 is 11.8 Å². The number of pyridine rings is 1. The molecule has 9 heteroatoms. The van der Waals surface area contributed by atoms with Gasteiger partial charge in [0, 0.05) is 50.7 Å². The summed E-state index contributed by atoms with van der Waals surface area (Å²) >= 11 is 0. The lowest BCUT2D eigenvalue weighted by Gasteiger charge is -2.34. The number of carbonyl (C=O) groups is 1. The summed E-state index contributed by atoms with van der Waals surface area (Å²) in [6, 6.07) is 10.3. The molecule has 0 saturated carbocycles. The average Bonchev–Trinajstić information content (AvgIpc) is 3.47. The lowest BCUT2D eigenvalue weighted by atomic mass is 10.2. The van der Waals surface area contributed by atoms with Gasteiger partial charge in [-0.25, -0.2) is 13.9 Å². The average molecular weight is 451 g/mol. The summed E-state index contributed by atoms with van der Waals surface area (Å²) in [6.45, 7) is 8.34. The highest BCUT2D eigenvalue weighted by Crippen LogP contribution is 2.27. The van der Waals surface area contributed by atoms with Crippen LogP contribution in [-0.4, -0.2) is 82.6 Å². The van der Waals surface area contributed by atoms with E-state index in [4.69, 9.17) is 4.74 Å². The fourth-order valence-corrected chi connectivity index (χ4v) is 4.37. The number of likely N-dealkylation sites (N-methyl/N-ethyl adjacent to an activating group) is 1. The Morgan fingerprint density at radius 2 is 1.94 bits per heavy atom. The lowest BCUT2D eigenvalue weighted by Crippen LogP contribution is -2.48. The first-order valence-electron chi connectivity index (χ1n) is 11.3. The monoisotopic (exact) mass is 450 g/mol. The van der Waals surface area contributed by atoms with Crippen molar-refractivity contribution in [1.82, 2.24) is 24.6 Å². The van der Waals surface area contributed by atoms with E-state index in [0.717, 1.165) is 44.0 Å². The predicted octanol–water partition coefficient (Wildman–Crippen LogP) is 3.04. The maximum absolute atomic E-state index is 15.0. The molecule has 2 aliphatic heterocycles. The number of piperazine rings is 1. The number of cyclic esters (lactones) is 1. The Morgan fingerprint density at radius 3 is 2.67 bits per heavy atom. The van der Waals surface area contributed by atoms with Crippen molar-refractivity contribution in [3.8, 4) is 16.9 Å². The minimum Gasteiger partial charge on any atom is -0.443 e. The summed E-state index contributed by atoms with van der Waals surface area (Å²) in [4.78, 5) is 23.0. The van der Waals surface area contributed by atoms with Gasteiger partial charge in [0.1, 0.15) is 11.8 Å². The number of nitrogens with zero attached hydrogens (tertiary/aromatic N) is 6. The summed E-state index contributed by atoms with van der Waals surface area (Å²) in [5, 5.41) is 4.28. The van der Waals surface area contributed by atoms with E-state index in [1.807, 2.05) is 18.2 Å². The third-order valence-electron chi connectivity index (χ3n) is 6.28. The molecule has 4 heterocycles. The number of rotatable bonds is 6. The lowest BCUT2D eigenvalue weighted by molar-refractivity contribution is 0.0786. The highest BCUT2D eigenvalue weighted by molar-refractivity contribution is 5.89. The fraction of sp³-hybridized carbons (Fsp3) is 0.375. The second-order valence-corrected chi connectivity index (χ2v) is 8.38. The number of hydrogen-bond donors (Lipinski definition) is 0. The van der Waals surface area contributed by atoms with E-state index in [-0.39, 0.29) is 6.10 Å². The zero-order valence-corrected chi connectivity index (χ0v) is 18.6. The van der Waals surface area contributed by atoms with Gasteiger partial charge < -0.3 is 9.64 Å². The summed E-state index contributed by atoms with van der Waals surface area (Å²) < 4.78 is 22.1. The molecule has 172 valence electrons. The number of anilines is 1. The van der Waals surface area contributed by atoms with Gasteiger partial charge in [-0.05, 0) is 36.9 Å². The van der Waals surface area contributed by atoms with Gasteiger partial charge in [0.05, 0.1) is 24.1 Å². The number of ether oxygens (including phenoxy) is 1. The van der Waals surface area contributed by atoms with Crippen LogP contribution in [0.25, 0.3) is 16.9 Å². The van der Waals surface area contributed by atoms with Crippen LogP contribution in [0, 0.1) is 5.82 Å². The molecule has 0 N–H and O–H groups in total. The predicted molar refractivity (Wildman–Crippen MR) is 123 cm³/mol. The van der Waals surface area contributed by atoms with E-state index in [9.17, 15) is 4.79 Å². The highest BCUT2D eigenvalue weighted by atomic mass is 19.1. The van der Waals surface area contributed by atoms with Crippen molar-refractivity contribution in [1.29, 1.82) is 0 Å². The SMILES string of the molecule is CCN1CCN(C[C@H]2CN(c3ccc(-n4cc(-c5ccccn5)cn4)c(F)c3)C(=O)O2)CC1. The van der Waals surface area contributed by atoms with Gasteiger partial charge in [0.25, 0.3) is 0 Å². The summed E-state index contributed by atoms with van der Waals surface area (Å²) in [5.41, 5.74) is 2.35. The van der Waals surface area contributed by atoms with Crippen molar-refractivity contribution in [2.75, 3.05) is 50.7 Å².